The van der Waals surface area contributed by atoms with Crippen LogP contribution >= 0.6 is 0 Å². The highest BCUT2D eigenvalue weighted by atomic mass is 16.5. The smallest absolute Gasteiger partial charge is 0.330 e. The van der Waals surface area contributed by atoms with Crippen LogP contribution in [0.2, 0.25) is 0 Å². The van der Waals surface area contributed by atoms with E-state index in [1.165, 1.54) is 0 Å². The summed E-state index contributed by atoms with van der Waals surface area (Å²) in [6, 6.07) is 0. The van der Waals surface area contributed by atoms with Crippen LogP contribution in [0.1, 0.15) is 25.7 Å². The lowest BCUT2D eigenvalue weighted by Crippen LogP contribution is -2.27. The summed E-state index contributed by atoms with van der Waals surface area (Å²) >= 11 is 0. The molecular formula is C10H14O4. The van der Waals surface area contributed by atoms with Crippen LogP contribution in [0.3, 0.4) is 0 Å². The van der Waals surface area contributed by atoms with Crippen molar-refractivity contribution < 1.29 is 19.1 Å². The number of hydrogen-bond acceptors (Lipinski definition) is 4. The van der Waals surface area contributed by atoms with Crippen molar-refractivity contribution in [2.24, 2.45) is 0 Å². The zero-order chi connectivity index (χ0) is 10.4. The second kappa shape index (κ2) is 5.42. The first-order valence-electron chi connectivity index (χ1n) is 4.68. The third kappa shape index (κ3) is 3.20. The maximum absolute atomic E-state index is 10.9. The molecule has 0 amide bonds. The molecule has 0 bridgehead atoms. The second-order valence-electron chi connectivity index (χ2n) is 3.27. The highest BCUT2D eigenvalue weighted by Gasteiger charge is 2.23. The summed E-state index contributed by atoms with van der Waals surface area (Å²) in [6.07, 6.45) is 4.12. The standard InChI is InChI=1S/C10H14O4/c1-2-10(12)14-9-5-3-8(4-6-9)13-7-11/h2,7-9H,1,3-6H2. The molecule has 78 valence electrons. The van der Waals surface area contributed by atoms with E-state index in [2.05, 4.69) is 6.58 Å². The minimum absolute atomic E-state index is 0.00816. The Bertz CT molecular complexity index is 216. The monoisotopic (exact) mass is 198 g/mol. The molecule has 0 saturated heterocycles. The van der Waals surface area contributed by atoms with Crippen molar-refractivity contribution in [2.45, 2.75) is 37.9 Å². The Labute approximate surface area is 82.9 Å². The Kier molecular flexibility index (Phi) is 4.16. The van der Waals surface area contributed by atoms with Gasteiger partial charge in [0, 0.05) is 6.08 Å². The molecule has 1 saturated carbocycles. The quantitative estimate of drug-likeness (QED) is 0.387. The number of hydrogen-bond donors (Lipinski definition) is 0. The third-order valence-electron chi connectivity index (χ3n) is 2.32. The van der Waals surface area contributed by atoms with Gasteiger partial charge < -0.3 is 9.47 Å². The van der Waals surface area contributed by atoms with Crippen molar-refractivity contribution in [2.75, 3.05) is 0 Å². The van der Waals surface area contributed by atoms with Gasteiger partial charge in [0.1, 0.15) is 12.2 Å². The van der Waals surface area contributed by atoms with Gasteiger partial charge in [0.15, 0.2) is 0 Å². The van der Waals surface area contributed by atoms with Crippen molar-refractivity contribution in [1.82, 2.24) is 0 Å². The zero-order valence-corrected chi connectivity index (χ0v) is 7.98. The average Bonchev–Trinajstić information content (AvgIpc) is 2.21. The SMILES string of the molecule is C=CC(=O)OC1CCC(OC=O)CC1. The van der Waals surface area contributed by atoms with Crippen LogP contribution in [0.15, 0.2) is 12.7 Å². The van der Waals surface area contributed by atoms with E-state index in [0.717, 1.165) is 31.8 Å². The van der Waals surface area contributed by atoms with Gasteiger partial charge in [-0.25, -0.2) is 4.79 Å². The van der Waals surface area contributed by atoms with Gasteiger partial charge in [-0.15, -0.1) is 0 Å². The van der Waals surface area contributed by atoms with E-state index in [-0.39, 0.29) is 18.2 Å². The lowest BCUT2D eigenvalue weighted by atomic mass is 9.95. The molecule has 0 atom stereocenters. The maximum atomic E-state index is 10.9. The third-order valence-corrected chi connectivity index (χ3v) is 2.32. The fourth-order valence-corrected chi connectivity index (χ4v) is 1.58. The molecule has 1 aliphatic carbocycles. The molecule has 4 nitrogen and oxygen atoms in total. The van der Waals surface area contributed by atoms with Crippen LogP contribution in [0, 0.1) is 0 Å². The molecular weight excluding hydrogens is 184 g/mol. The van der Waals surface area contributed by atoms with Crippen LogP contribution in [-0.2, 0) is 19.1 Å². The van der Waals surface area contributed by atoms with Crippen LogP contribution < -0.4 is 0 Å². The van der Waals surface area contributed by atoms with E-state index >= 15 is 0 Å². The molecule has 14 heavy (non-hydrogen) atoms. The van der Waals surface area contributed by atoms with Crippen LogP contribution in [0.5, 0.6) is 0 Å². The molecule has 0 spiro atoms. The summed E-state index contributed by atoms with van der Waals surface area (Å²) < 4.78 is 9.89. The lowest BCUT2D eigenvalue weighted by molar-refractivity contribution is -0.148. The van der Waals surface area contributed by atoms with E-state index in [1.807, 2.05) is 0 Å². The van der Waals surface area contributed by atoms with E-state index in [4.69, 9.17) is 9.47 Å². The van der Waals surface area contributed by atoms with E-state index in [1.54, 1.807) is 0 Å². The molecule has 1 fully saturated rings. The molecule has 0 aliphatic heterocycles. The minimum Gasteiger partial charge on any atom is -0.465 e. The van der Waals surface area contributed by atoms with Gasteiger partial charge in [0.05, 0.1) is 0 Å². The predicted molar refractivity (Wildman–Crippen MR) is 49.5 cm³/mol. The fourth-order valence-electron chi connectivity index (χ4n) is 1.58. The van der Waals surface area contributed by atoms with Gasteiger partial charge in [0.2, 0.25) is 0 Å². The Hall–Kier alpha value is -1.32. The fraction of sp³-hybridized carbons (Fsp3) is 0.600. The van der Waals surface area contributed by atoms with Gasteiger partial charge in [-0.3, -0.25) is 4.79 Å². The van der Waals surface area contributed by atoms with Gasteiger partial charge in [-0.1, -0.05) is 6.58 Å². The van der Waals surface area contributed by atoms with E-state index < -0.39 is 0 Å². The molecule has 4 heteroatoms. The summed E-state index contributed by atoms with van der Waals surface area (Å²) in [7, 11) is 0. The van der Waals surface area contributed by atoms with Crippen molar-refractivity contribution in [3.05, 3.63) is 12.7 Å². The largest absolute Gasteiger partial charge is 0.465 e. The Morgan fingerprint density at radius 1 is 1.21 bits per heavy atom. The molecule has 0 aromatic carbocycles. The molecule has 0 radical (unpaired) electrons. The number of ether oxygens (including phenoxy) is 2. The number of rotatable bonds is 4. The van der Waals surface area contributed by atoms with Crippen molar-refractivity contribution in [3.63, 3.8) is 0 Å². The first-order valence-corrected chi connectivity index (χ1v) is 4.68. The van der Waals surface area contributed by atoms with E-state index in [9.17, 15) is 9.59 Å². The van der Waals surface area contributed by atoms with Crippen molar-refractivity contribution in [1.29, 1.82) is 0 Å². The highest BCUT2D eigenvalue weighted by Crippen LogP contribution is 2.23. The number of esters is 1. The highest BCUT2D eigenvalue weighted by molar-refractivity contribution is 5.81. The molecule has 1 aliphatic rings. The molecule has 0 N–H and O–H groups in total. The summed E-state index contributed by atoms with van der Waals surface area (Å²) in [5.74, 6) is -0.384. The van der Waals surface area contributed by atoms with Gasteiger partial charge in [0.25, 0.3) is 6.47 Å². The molecule has 0 unspecified atom stereocenters. The minimum atomic E-state index is -0.384. The number of carbonyl (C=O) groups is 2. The van der Waals surface area contributed by atoms with Crippen LogP contribution in [-0.4, -0.2) is 24.6 Å². The summed E-state index contributed by atoms with van der Waals surface area (Å²) in [5, 5.41) is 0. The predicted octanol–water partition coefficient (Wildman–Crippen LogP) is 1.20. The molecule has 0 heterocycles. The summed E-state index contributed by atoms with van der Waals surface area (Å²) in [6.45, 7) is 3.80. The first-order chi connectivity index (χ1) is 6.76. The Balaban J connectivity index is 2.24. The molecule has 0 aromatic rings. The summed E-state index contributed by atoms with van der Waals surface area (Å²) in [5.41, 5.74) is 0. The van der Waals surface area contributed by atoms with Gasteiger partial charge in [-0.2, -0.15) is 0 Å². The second-order valence-corrected chi connectivity index (χ2v) is 3.27. The Morgan fingerprint density at radius 3 is 2.29 bits per heavy atom. The lowest BCUT2D eigenvalue weighted by Gasteiger charge is -2.26. The maximum Gasteiger partial charge on any atom is 0.330 e. The van der Waals surface area contributed by atoms with Crippen molar-refractivity contribution >= 4 is 12.4 Å². The normalized spacial score (nSPS) is 26.3. The van der Waals surface area contributed by atoms with Crippen LogP contribution in [0.25, 0.3) is 0 Å². The van der Waals surface area contributed by atoms with Gasteiger partial charge in [-0.05, 0) is 25.7 Å². The van der Waals surface area contributed by atoms with E-state index in [0.29, 0.717) is 6.47 Å². The summed E-state index contributed by atoms with van der Waals surface area (Å²) in [4.78, 5) is 20.9. The first kappa shape index (κ1) is 10.8. The average molecular weight is 198 g/mol. The van der Waals surface area contributed by atoms with Gasteiger partial charge >= 0.3 is 5.97 Å². The van der Waals surface area contributed by atoms with Crippen LogP contribution in [0.4, 0.5) is 0 Å². The zero-order valence-electron chi connectivity index (χ0n) is 7.98. The molecule has 0 aromatic heterocycles. The van der Waals surface area contributed by atoms with Crippen molar-refractivity contribution in [3.8, 4) is 0 Å². The topological polar surface area (TPSA) is 52.6 Å². The Morgan fingerprint density at radius 2 is 1.79 bits per heavy atom. The molecule has 1 rings (SSSR count). The number of carbonyl (C=O) groups excluding carboxylic acids is 2.